The second-order valence-corrected chi connectivity index (χ2v) is 5.84. The Hall–Kier alpha value is -1.81. The van der Waals surface area contributed by atoms with Gasteiger partial charge in [0.25, 0.3) is 0 Å². The molecule has 1 N–H and O–H groups in total. The molecule has 0 aliphatic heterocycles. The number of nitrogens with zero attached hydrogens (tertiary/aromatic N) is 1. The summed E-state index contributed by atoms with van der Waals surface area (Å²) in [5.74, 6) is 2.94. The summed E-state index contributed by atoms with van der Waals surface area (Å²) in [6.45, 7) is 9.98. The van der Waals surface area contributed by atoms with E-state index in [1.165, 1.54) is 0 Å². The zero-order valence-electron chi connectivity index (χ0n) is 13.2. The second-order valence-electron chi connectivity index (χ2n) is 5.84. The summed E-state index contributed by atoms with van der Waals surface area (Å²) in [6.07, 6.45) is 1.92. The zero-order valence-corrected chi connectivity index (χ0v) is 13.2. The number of aromatic nitrogens is 1. The minimum atomic E-state index is 0.158. The van der Waals surface area contributed by atoms with Gasteiger partial charge in [0.05, 0.1) is 18.8 Å². The highest BCUT2D eigenvalue weighted by Gasteiger charge is 2.08. The lowest BCUT2D eigenvalue weighted by Crippen LogP contribution is -2.18. The summed E-state index contributed by atoms with van der Waals surface area (Å²) in [5.41, 5.74) is 0.982. The van der Waals surface area contributed by atoms with E-state index in [-0.39, 0.29) is 6.10 Å². The minimum absolute atomic E-state index is 0.158. The molecule has 1 heterocycles. The molecular weight excluding hydrogens is 264 g/mol. The lowest BCUT2D eigenvalue weighted by atomic mass is 10.2. The fraction of sp³-hybridized carbons (Fsp3) is 0.471. The van der Waals surface area contributed by atoms with Gasteiger partial charge in [-0.3, -0.25) is 0 Å². The quantitative estimate of drug-likeness (QED) is 0.840. The molecular formula is C17H24N2O2. The number of oxazole rings is 1. The van der Waals surface area contributed by atoms with Crippen molar-refractivity contribution < 1.29 is 9.15 Å². The lowest BCUT2D eigenvalue weighted by Gasteiger charge is -2.10. The highest BCUT2D eigenvalue weighted by atomic mass is 16.5. The molecule has 0 saturated heterocycles. The van der Waals surface area contributed by atoms with Crippen molar-refractivity contribution in [2.75, 3.05) is 6.54 Å². The van der Waals surface area contributed by atoms with Crippen LogP contribution in [0.3, 0.4) is 0 Å². The van der Waals surface area contributed by atoms with Crippen LogP contribution in [-0.4, -0.2) is 17.6 Å². The molecule has 0 saturated carbocycles. The summed E-state index contributed by atoms with van der Waals surface area (Å²) in [6, 6.07) is 7.89. The summed E-state index contributed by atoms with van der Waals surface area (Å²) < 4.78 is 11.5. The molecule has 1 aromatic heterocycles. The summed E-state index contributed by atoms with van der Waals surface area (Å²) in [5, 5.41) is 3.32. The first-order chi connectivity index (χ1) is 10.0. The Morgan fingerprint density at radius 1 is 1.24 bits per heavy atom. The average Bonchev–Trinajstić information content (AvgIpc) is 2.86. The predicted octanol–water partition coefficient (Wildman–Crippen LogP) is 3.87. The Labute approximate surface area is 126 Å². The first kappa shape index (κ1) is 15.6. The molecule has 0 bridgehead atoms. The monoisotopic (exact) mass is 288 g/mol. The Kier molecular flexibility index (Phi) is 5.39. The van der Waals surface area contributed by atoms with Crippen LogP contribution in [-0.2, 0) is 6.54 Å². The number of benzene rings is 1. The standard InChI is InChI=1S/C17H24N2O2/c1-12(2)9-18-11-17-19-10-16(21-17)14-6-5-7-15(8-14)20-13(3)4/h5-8,10,12-13,18H,9,11H2,1-4H3. The third-order valence-corrected chi connectivity index (χ3v) is 2.87. The number of nitrogens with one attached hydrogen (secondary N) is 1. The van der Waals surface area contributed by atoms with E-state index < -0.39 is 0 Å². The normalized spacial score (nSPS) is 11.3. The first-order valence-electron chi connectivity index (χ1n) is 7.47. The fourth-order valence-corrected chi connectivity index (χ4v) is 1.99. The van der Waals surface area contributed by atoms with Crippen molar-refractivity contribution in [3.05, 3.63) is 36.4 Å². The number of ether oxygens (including phenoxy) is 1. The average molecular weight is 288 g/mol. The molecule has 0 aliphatic carbocycles. The van der Waals surface area contributed by atoms with Gasteiger partial charge in [-0.15, -0.1) is 0 Å². The molecule has 0 fully saturated rings. The van der Waals surface area contributed by atoms with Gasteiger partial charge in [0, 0.05) is 5.56 Å². The van der Waals surface area contributed by atoms with Crippen molar-refractivity contribution in [1.82, 2.24) is 10.3 Å². The summed E-state index contributed by atoms with van der Waals surface area (Å²) >= 11 is 0. The molecule has 114 valence electrons. The highest BCUT2D eigenvalue weighted by molar-refractivity contribution is 5.58. The van der Waals surface area contributed by atoms with E-state index in [9.17, 15) is 0 Å². The van der Waals surface area contributed by atoms with Crippen LogP contribution in [0.2, 0.25) is 0 Å². The Morgan fingerprint density at radius 2 is 2.05 bits per heavy atom. The zero-order chi connectivity index (χ0) is 15.2. The van der Waals surface area contributed by atoms with Crippen LogP contribution in [0.5, 0.6) is 5.75 Å². The van der Waals surface area contributed by atoms with Gasteiger partial charge < -0.3 is 14.5 Å². The third-order valence-electron chi connectivity index (χ3n) is 2.87. The number of hydrogen-bond acceptors (Lipinski definition) is 4. The minimum Gasteiger partial charge on any atom is -0.491 e. The smallest absolute Gasteiger partial charge is 0.208 e. The van der Waals surface area contributed by atoms with Crippen LogP contribution >= 0.6 is 0 Å². The van der Waals surface area contributed by atoms with Crippen molar-refractivity contribution in [2.45, 2.75) is 40.3 Å². The van der Waals surface area contributed by atoms with Crippen LogP contribution in [0.25, 0.3) is 11.3 Å². The van der Waals surface area contributed by atoms with Crippen LogP contribution in [0.4, 0.5) is 0 Å². The van der Waals surface area contributed by atoms with Crippen molar-refractivity contribution in [1.29, 1.82) is 0 Å². The third kappa shape index (κ3) is 4.90. The maximum atomic E-state index is 5.78. The Balaban J connectivity index is 2.03. The SMILES string of the molecule is CC(C)CNCc1ncc(-c2cccc(OC(C)C)c2)o1. The fourth-order valence-electron chi connectivity index (χ4n) is 1.99. The van der Waals surface area contributed by atoms with E-state index in [1.807, 2.05) is 38.1 Å². The van der Waals surface area contributed by atoms with Gasteiger partial charge in [-0.2, -0.15) is 0 Å². The van der Waals surface area contributed by atoms with Crippen molar-refractivity contribution >= 4 is 0 Å². The van der Waals surface area contributed by atoms with Gasteiger partial charge in [0.15, 0.2) is 5.76 Å². The Morgan fingerprint density at radius 3 is 2.76 bits per heavy atom. The molecule has 4 nitrogen and oxygen atoms in total. The summed E-state index contributed by atoms with van der Waals surface area (Å²) in [4.78, 5) is 4.31. The van der Waals surface area contributed by atoms with E-state index >= 15 is 0 Å². The maximum absolute atomic E-state index is 5.78. The van der Waals surface area contributed by atoms with Crippen LogP contribution < -0.4 is 10.1 Å². The van der Waals surface area contributed by atoms with Crippen LogP contribution in [0.1, 0.15) is 33.6 Å². The van der Waals surface area contributed by atoms with E-state index in [0.717, 1.165) is 23.6 Å². The van der Waals surface area contributed by atoms with E-state index in [4.69, 9.17) is 9.15 Å². The molecule has 0 amide bonds. The molecule has 0 spiro atoms. The molecule has 0 aliphatic rings. The molecule has 21 heavy (non-hydrogen) atoms. The molecule has 1 aromatic carbocycles. The first-order valence-corrected chi connectivity index (χ1v) is 7.47. The number of rotatable bonds is 7. The van der Waals surface area contributed by atoms with Crippen LogP contribution in [0, 0.1) is 5.92 Å². The molecule has 0 atom stereocenters. The van der Waals surface area contributed by atoms with Crippen LogP contribution in [0.15, 0.2) is 34.9 Å². The predicted molar refractivity (Wildman–Crippen MR) is 84.2 cm³/mol. The molecule has 2 rings (SSSR count). The molecule has 2 aromatic rings. The van der Waals surface area contributed by atoms with Crippen molar-refractivity contribution in [3.8, 4) is 17.1 Å². The molecule has 0 unspecified atom stereocenters. The van der Waals surface area contributed by atoms with E-state index in [1.54, 1.807) is 6.20 Å². The van der Waals surface area contributed by atoms with Crippen molar-refractivity contribution in [2.24, 2.45) is 5.92 Å². The molecule has 4 heteroatoms. The van der Waals surface area contributed by atoms with Crippen molar-refractivity contribution in [3.63, 3.8) is 0 Å². The summed E-state index contributed by atoms with van der Waals surface area (Å²) in [7, 11) is 0. The van der Waals surface area contributed by atoms with E-state index in [0.29, 0.717) is 18.4 Å². The van der Waals surface area contributed by atoms with Gasteiger partial charge in [-0.05, 0) is 38.4 Å². The Bertz CT molecular complexity index is 561. The van der Waals surface area contributed by atoms with Gasteiger partial charge in [0.1, 0.15) is 5.75 Å². The van der Waals surface area contributed by atoms with Gasteiger partial charge >= 0.3 is 0 Å². The lowest BCUT2D eigenvalue weighted by molar-refractivity contribution is 0.242. The van der Waals surface area contributed by atoms with Gasteiger partial charge in [-0.1, -0.05) is 26.0 Å². The second kappa shape index (κ2) is 7.27. The molecule has 0 radical (unpaired) electrons. The number of hydrogen-bond donors (Lipinski definition) is 1. The topological polar surface area (TPSA) is 47.3 Å². The van der Waals surface area contributed by atoms with Gasteiger partial charge in [0.2, 0.25) is 5.89 Å². The highest BCUT2D eigenvalue weighted by Crippen LogP contribution is 2.25. The van der Waals surface area contributed by atoms with E-state index in [2.05, 4.69) is 24.1 Å². The van der Waals surface area contributed by atoms with Gasteiger partial charge in [-0.25, -0.2) is 4.98 Å². The maximum Gasteiger partial charge on any atom is 0.208 e. The largest absolute Gasteiger partial charge is 0.491 e.